The van der Waals surface area contributed by atoms with Crippen molar-refractivity contribution in [3.05, 3.63) is 52.1 Å². The highest BCUT2D eigenvalue weighted by atomic mass is 16.5. The van der Waals surface area contributed by atoms with Gasteiger partial charge in [0.1, 0.15) is 11.6 Å². The number of ether oxygens (including phenoxy) is 1. The van der Waals surface area contributed by atoms with Gasteiger partial charge in [-0.15, -0.1) is 0 Å². The Labute approximate surface area is 110 Å². The Hall–Kier alpha value is -2.14. The van der Waals surface area contributed by atoms with Crippen LogP contribution in [0, 0.1) is 0 Å². The molecule has 0 fully saturated rings. The normalized spacial score (nSPS) is 10.7. The molecular weight excluding hydrogens is 244 g/mol. The van der Waals surface area contributed by atoms with E-state index in [4.69, 9.17) is 4.74 Å². The van der Waals surface area contributed by atoms with E-state index in [2.05, 4.69) is 9.97 Å². The molecule has 2 rings (SSSR count). The summed E-state index contributed by atoms with van der Waals surface area (Å²) in [5.41, 5.74) is 0.394. The standard InChI is InChI=1S/C14H16N2O3/c1-9(2)14-15-12(18)7-13(16-14)19-11-6-4-3-5-10(11)8-17/h3-7,9,17H,8H2,1-2H3,(H,15,16,18). The summed E-state index contributed by atoms with van der Waals surface area (Å²) in [5.74, 6) is 1.40. The highest BCUT2D eigenvalue weighted by Gasteiger charge is 2.08. The number of aromatic amines is 1. The van der Waals surface area contributed by atoms with Crippen LogP contribution in [-0.2, 0) is 6.61 Å². The molecule has 0 atom stereocenters. The van der Waals surface area contributed by atoms with Crippen molar-refractivity contribution in [3.63, 3.8) is 0 Å². The zero-order chi connectivity index (χ0) is 13.8. The first kappa shape index (κ1) is 13.3. The molecule has 2 aromatic rings. The number of nitrogens with zero attached hydrogens (tertiary/aromatic N) is 1. The van der Waals surface area contributed by atoms with Crippen LogP contribution in [0.3, 0.4) is 0 Å². The summed E-state index contributed by atoms with van der Waals surface area (Å²) in [6.45, 7) is 3.74. The summed E-state index contributed by atoms with van der Waals surface area (Å²) in [5, 5.41) is 9.23. The fourth-order valence-corrected chi connectivity index (χ4v) is 1.63. The number of aromatic nitrogens is 2. The van der Waals surface area contributed by atoms with E-state index < -0.39 is 0 Å². The summed E-state index contributed by atoms with van der Waals surface area (Å²) in [7, 11) is 0. The molecule has 0 radical (unpaired) electrons. The summed E-state index contributed by atoms with van der Waals surface area (Å²) in [6, 6.07) is 8.38. The minimum Gasteiger partial charge on any atom is -0.438 e. The van der Waals surface area contributed by atoms with Crippen molar-refractivity contribution in [2.24, 2.45) is 0 Å². The number of hydrogen-bond acceptors (Lipinski definition) is 4. The summed E-state index contributed by atoms with van der Waals surface area (Å²) >= 11 is 0. The second-order valence-corrected chi connectivity index (χ2v) is 4.49. The van der Waals surface area contributed by atoms with E-state index in [-0.39, 0.29) is 24.0 Å². The number of benzene rings is 1. The molecule has 0 bridgehead atoms. The molecule has 0 aliphatic heterocycles. The number of aliphatic hydroxyl groups excluding tert-OH is 1. The van der Waals surface area contributed by atoms with E-state index in [1.807, 2.05) is 19.9 Å². The number of nitrogens with one attached hydrogen (secondary N) is 1. The average Bonchev–Trinajstić information content (AvgIpc) is 2.38. The van der Waals surface area contributed by atoms with Crippen molar-refractivity contribution in [2.45, 2.75) is 26.4 Å². The fraction of sp³-hybridized carbons (Fsp3) is 0.286. The van der Waals surface area contributed by atoms with Gasteiger partial charge in [0.15, 0.2) is 0 Å². The van der Waals surface area contributed by atoms with Crippen molar-refractivity contribution in [1.82, 2.24) is 9.97 Å². The molecule has 0 aliphatic carbocycles. The Morgan fingerprint density at radius 2 is 2.11 bits per heavy atom. The molecule has 100 valence electrons. The maximum absolute atomic E-state index is 11.5. The first-order valence-electron chi connectivity index (χ1n) is 6.08. The van der Waals surface area contributed by atoms with Gasteiger partial charge in [0, 0.05) is 11.5 Å². The SMILES string of the molecule is CC(C)c1nc(Oc2ccccc2CO)cc(=O)[nH]1. The molecule has 1 heterocycles. The second-order valence-electron chi connectivity index (χ2n) is 4.49. The van der Waals surface area contributed by atoms with Gasteiger partial charge in [-0.1, -0.05) is 32.0 Å². The predicted molar refractivity (Wildman–Crippen MR) is 71.4 cm³/mol. The van der Waals surface area contributed by atoms with Crippen LogP contribution in [0.15, 0.2) is 35.1 Å². The van der Waals surface area contributed by atoms with Gasteiger partial charge in [-0.25, -0.2) is 0 Å². The summed E-state index contributed by atoms with van der Waals surface area (Å²) < 4.78 is 5.58. The van der Waals surface area contributed by atoms with E-state index in [9.17, 15) is 9.90 Å². The van der Waals surface area contributed by atoms with Crippen LogP contribution in [0.25, 0.3) is 0 Å². The first-order valence-corrected chi connectivity index (χ1v) is 6.08. The van der Waals surface area contributed by atoms with Gasteiger partial charge in [0.05, 0.1) is 12.7 Å². The van der Waals surface area contributed by atoms with Gasteiger partial charge in [-0.2, -0.15) is 4.98 Å². The van der Waals surface area contributed by atoms with Gasteiger partial charge in [0.25, 0.3) is 5.56 Å². The number of H-pyrrole nitrogens is 1. The second kappa shape index (κ2) is 5.67. The van der Waals surface area contributed by atoms with Crippen LogP contribution in [0.4, 0.5) is 0 Å². The third-order valence-electron chi connectivity index (χ3n) is 2.64. The number of rotatable bonds is 4. The van der Waals surface area contributed by atoms with Crippen molar-refractivity contribution < 1.29 is 9.84 Å². The average molecular weight is 260 g/mol. The van der Waals surface area contributed by atoms with E-state index in [0.29, 0.717) is 17.1 Å². The molecule has 5 heteroatoms. The van der Waals surface area contributed by atoms with E-state index in [1.165, 1.54) is 6.07 Å². The van der Waals surface area contributed by atoms with E-state index >= 15 is 0 Å². The van der Waals surface area contributed by atoms with Gasteiger partial charge in [-0.3, -0.25) is 4.79 Å². The molecule has 0 saturated heterocycles. The van der Waals surface area contributed by atoms with Crippen LogP contribution >= 0.6 is 0 Å². The van der Waals surface area contributed by atoms with Gasteiger partial charge < -0.3 is 14.8 Å². The van der Waals surface area contributed by atoms with Gasteiger partial charge >= 0.3 is 0 Å². The molecule has 0 saturated carbocycles. The number of aliphatic hydroxyl groups is 1. The highest BCUT2D eigenvalue weighted by Crippen LogP contribution is 2.23. The minimum absolute atomic E-state index is 0.101. The molecule has 1 aromatic heterocycles. The van der Waals surface area contributed by atoms with Crippen LogP contribution in [0.5, 0.6) is 11.6 Å². The maximum atomic E-state index is 11.5. The molecule has 0 aliphatic rings. The zero-order valence-electron chi connectivity index (χ0n) is 10.9. The van der Waals surface area contributed by atoms with Crippen molar-refractivity contribution in [1.29, 1.82) is 0 Å². The maximum Gasteiger partial charge on any atom is 0.254 e. The van der Waals surface area contributed by atoms with Crippen LogP contribution in [0.2, 0.25) is 0 Å². The zero-order valence-corrected chi connectivity index (χ0v) is 10.9. The Bertz CT molecular complexity index is 620. The first-order chi connectivity index (χ1) is 9.10. The topological polar surface area (TPSA) is 75.2 Å². The van der Waals surface area contributed by atoms with Crippen LogP contribution in [-0.4, -0.2) is 15.1 Å². The van der Waals surface area contributed by atoms with E-state index in [0.717, 1.165) is 0 Å². The lowest BCUT2D eigenvalue weighted by Gasteiger charge is -2.10. The molecule has 1 aromatic carbocycles. The highest BCUT2D eigenvalue weighted by molar-refractivity contribution is 5.35. The summed E-state index contributed by atoms with van der Waals surface area (Å²) in [6.07, 6.45) is 0. The predicted octanol–water partition coefficient (Wildman–Crippen LogP) is 2.18. The van der Waals surface area contributed by atoms with Crippen LogP contribution in [0.1, 0.15) is 31.2 Å². The summed E-state index contributed by atoms with van der Waals surface area (Å²) in [4.78, 5) is 18.4. The van der Waals surface area contributed by atoms with Gasteiger partial charge in [-0.05, 0) is 6.07 Å². The van der Waals surface area contributed by atoms with Crippen molar-refractivity contribution >= 4 is 0 Å². The lowest BCUT2D eigenvalue weighted by atomic mass is 10.2. The number of para-hydroxylation sites is 1. The molecule has 5 nitrogen and oxygen atoms in total. The van der Waals surface area contributed by atoms with Crippen LogP contribution < -0.4 is 10.3 Å². The van der Waals surface area contributed by atoms with Crippen molar-refractivity contribution in [3.8, 4) is 11.6 Å². The quantitative estimate of drug-likeness (QED) is 0.883. The molecule has 19 heavy (non-hydrogen) atoms. The minimum atomic E-state index is -0.254. The Morgan fingerprint density at radius 1 is 1.37 bits per heavy atom. The largest absolute Gasteiger partial charge is 0.438 e. The monoisotopic (exact) mass is 260 g/mol. The molecular formula is C14H16N2O3. The third kappa shape index (κ3) is 3.20. The van der Waals surface area contributed by atoms with Crippen molar-refractivity contribution in [2.75, 3.05) is 0 Å². The smallest absolute Gasteiger partial charge is 0.254 e. The Kier molecular flexibility index (Phi) is 3.97. The Morgan fingerprint density at radius 3 is 2.79 bits per heavy atom. The Balaban J connectivity index is 2.35. The molecule has 2 N–H and O–H groups in total. The molecule has 0 spiro atoms. The van der Waals surface area contributed by atoms with E-state index in [1.54, 1.807) is 18.2 Å². The fourth-order valence-electron chi connectivity index (χ4n) is 1.63. The lowest BCUT2D eigenvalue weighted by Crippen LogP contribution is -2.12. The third-order valence-corrected chi connectivity index (χ3v) is 2.64. The number of hydrogen-bond donors (Lipinski definition) is 2. The van der Waals surface area contributed by atoms with Gasteiger partial charge in [0.2, 0.25) is 5.88 Å². The lowest BCUT2D eigenvalue weighted by molar-refractivity contribution is 0.276. The molecule has 0 amide bonds. The molecule has 0 unspecified atom stereocenters.